The van der Waals surface area contributed by atoms with Gasteiger partial charge in [-0.3, -0.25) is 14.4 Å². The average Bonchev–Trinajstić information content (AvgIpc) is 1.11. The van der Waals surface area contributed by atoms with Crippen molar-refractivity contribution < 1.29 is 202 Å². The van der Waals surface area contributed by atoms with Crippen molar-refractivity contribution in [2.45, 2.75) is 128 Å². The van der Waals surface area contributed by atoms with Gasteiger partial charge in [0, 0.05) is 168 Å². The number of hydrogen-bond donors (Lipinski definition) is 5. The molecule has 0 unspecified atom stereocenters. The van der Waals surface area contributed by atoms with Crippen LogP contribution in [0.25, 0.3) is 0 Å². The van der Waals surface area contributed by atoms with Crippen molar-refractivity contribution in [1.82, 2.24) is 36.0 Å². The molecule has 3 radical (unpaired) electrons. The number of nitrogens with zero attached hydrogens (tertiary/aromatic N) is 3. The number of hydrogen-bond acceptors (Lipinski definition) is 12. The normalized spacial score (nSPS) is 14.6. The Kier molecular flexibility index (Phi) is 56.6. The van der Waals surface area contributed by atoms with E-state index in [4.69, 9.17) is 19.9 Å². The topological polar surface area (TPSA) is 227 Å². The molecule has 23 heteroatoms. The van der Waals surface area contributed by atoms with Crippen LogP contribution in [-0.2, 0) is 146 Å². The minimum Gasteiger partial charge on any atom is -0.870 e. The summed E-state index contributed by atoms with van der Waals surface area (Å²) in [7, 11) is 0. The Hall–Kier alpha value is -2.34. The molecule has 0 aromatic heterocycles. The van der Waals surface area contributed by atoms with Crippen molar-refractivity contribution >= 4 is 29.9 Å². The minimum absolute atomic E-state index is 0. The number of unbranched alkanes of at least 4 members (excludes halogenated alkanes) is 1. The van der Waals surface area contributed by atoms with E-state index in [1.165, 1.54) is 24.3 Å². The van der Waals surface area contributed by atoms with E-state index < -0.39 is 0 Å². The largest absolute Gasteiger partial charge is 1.00 e. The molecule has 0 atom stereocenters. The van der Waals surface area contributed by atoms with Gasteiger partial charge in [-0.05, 0) is 150 Å². The van der Waals surface area contributed by atoms with E-state index in [2.05, 4.69) is 26.2 Å². The zero-order valence-electron chi connectivity index (χ0n) is 56.0. The van der Waals surface area contributed by atoms with Crippen LogP contribution in [0, 0.1) is 33.9 Å². The SMILES string of the molecule is CCOC(=O)N1CCC(N)CC1.CCOC(=O)N1CCC(NC(=O)Cc2ccccc2)CC1.O=C(Cc1ccccc1)NC1CCN(CCCCOC(c2ccc(F)cc2)c2ccc(F)cc2)CC1.O=C(Cc1ccccc1)NC1CCNCC1.[CH3-].[CH3-].[CH3-].[K+].[OH-].[Y].[Y].[Y]. The Balaban J connectivity index is -0.00000122. The van der Waals surface area contributed by atoms with Crippen LogP contribution >= 0.6 is 0 Å². The van der Waals surface area contributed by atoms with Gasteiger partial charge in [0.1, 0.15) is 17.7 Å². The van der Waals surface area contributed by atoms with Gasteiger partial charge >= 0.3 is 63.6 Å². The van der Waals surface area contributed by atoms with Crippen LogP contribution in [0.4, 0.5) is 18.4 Å². The summed E-state index contributed by atoms with van der Waals surface area (Å²) < 4.78 is 42.8. The molecule has 4 fully saturated rings. The molecule has 5 amide bonds. The maximum absolute atomic E-state index is 13.4. The first-order valence-electron chi connectivity index (χ1n) is 30.5. The number of carbonyl (C=O) groups is 5. The van der Waals surface area contributed by atoms with Crippen molar-refractivity contribution in [3.05, 3.63) is 201 Å². The number of benzene rings is 5. The summed E-state index contributed by atoms with van der Waals surface area (Å²) in [6, 6.07) is 42.9. The molecular weight excluding hydrogens is 1440 g/mol. The maximum Gasteiger partial charge on any atom is 1.00 e. The first kappa shape index (κ1) is 94.8. The van der Waals surface area contributed by atoms with Gasteiger partial charge in [-0.1, -0.05) is 115 Å². The number of rotatable bonds is 19. The predicted molar refractivity (Wildman–Crippen MR) is 349 cm³/mol. The fourth-order valence-electron chi connectivity index (χ4n) is 10.5. The predicted octanol–water partition coefficient (Wildman–Crippen LogP) is 7.47. The fraction of sp³-hybridized carbons (Fsp3) is 0.457. The number of likely N-dealkylation sites (tertiary alicyclic amines) is 3. The number of carbonyl (C=O) groups excluding carboxylic acids is 5. The van der Waals surface area contributed by atoms with Crippen LogP contribution < -0.4 is 78.4 Å². The van der Waals surface area contributed by atoms with Crippen molar-refractivity contribution in [2.24, 2.45) is 5.73 Å². The van der Waals surface area contributed by atoms with Gasteiger partial charge in [-0.2, -0.15) is 0 Å². The van der Waals surface area contributed by atoms with Gasteiger partial charge < -0.3 is 83.7 Å². The van der Waals surface area contributed by atoms with E-state index >= 15 is 0 Å². The minimum atomic E-state index is -0.360. The summed E-state index contributed by atoms with van der Waals surface area (Å²) in [4.78, 5) is 64.7. The van der Waals surface area contributed by atoms with Gasteiger partial charge in [-0.15, -0.1) is 0 Å². The summed E-state index contributed by atoms with van der Waals surface area (Å²) in [6.07, 6.45) is 9.75. The number of ether oxygens (including phenoxy) is 3. The standard InChI is InChI=1S/C30H34F2N2O2.C16H22N2O3.C13H18N2O.C8H16N2O2.3CH3.K.H2O.3Y/c31-26-12-8-24(9-13-26)30(25-10-14-27(32)15-11-25)36-21-5-4-18-34-19-16-28(17-20-34)33-29(35)22-23-6-2-1-3-7-23;1-2-21-16(20)18-10-8-14(9-11-18)17-15(19)12-13-6-4-3-5-7-13;16-13(10-11-4-2-1-3-5-11)15-12-6-8-14-9-7-12;1-2-12-8(11)10-5-3-7(9)4-6-10;;;;;;;;/h1-3,6-15,28,30H,4-5,16-22H2,(H,33,35);3-7,14H,2,8-12H2,1H3,(H,17,19);1-5,12,14H,6-10H2,(H,15,16);7H,2-6,9H2,1H3;3*1H3;;1H2;;;/q;;;;3*-1;+1;;;;/p-1. The van der Waals surface area contributed by atoms with Gasteiger partial charge in [0.05, 0.1) is 32.5 Å². The number of halogens is 2. The second kappa shape index (κ2) is 55.5. The third-order valence-electron chi connectivity index (χ3n) is 15.2. The number of nitrogens with two attached hydrogens (primary N) is 1. The van der Waals surface area contributed by atoms with Gasteiger partial charge in [0.15, 0.2) is 0 Å². The molecule has 0 spiro atoms. The van der Waals surface area contributed by atoms with Gasteiger partial charge in [0.25, 0.3) is 0 Å². The summed E-state index contributed by atoms with van der Waals surface area (Å²) in [5, 5.41) is 12.6. The second-order valence-electron chi connectivity index (χ2n) is 21.9. The zero-order valence-corrected chi connectivity index (χ0v) is 67.6. The van der Waals surface area contributed by atoms with Crippen molar-refractivity contribution in [2.75, 3.05) is 78.7 Å². The average molecular weight is 1540 g/mol. The Morgan fingerprint density at radius 1 is 0.505 bits per heavy atom. The van der Waals surface area contributed by atoms with E-state index in [1.54, 1.807) is 41.0 Å². The molecule has 4 aliphatic rings. The molecule has 5 aromatic carbocycles. The molecule has 7 N–H and O–H groups in total. The Labute approximate surface area is 672 Å². The van der Waals surface area contributed by atoms with Gasteiger partial charge in [-0.25, -0.2) is 18.4 Å². The molecule has 4 aliphatic heterocycles. The van der Waals surface area contributed by atoms with Crippen LogP contribution in [0.3, 0.4) is 0 Å². The van der Waals surface area contributed by atoms with Crippen LogP contribution in [0.2, 0.25) is 0 Å². The summed E-state index contributed by atoms with van der Waals surface area (Å²) in [5.41, 5.74) is 10.5. The first-order valence-corrected chi connectivity index (χ1v) is 30.5. The van der Waals surface area contributed by atoms with Gasteiger partial charge in [0.2, 0.25) is 17.7 Å². The van der Waals surface area contributed by atoms with E-state index in [0.717, 1.165) is 138 Å². The molecule has 9 rings (SSSR count). The molecular formula is C70H100F2KN8O9Y3-3. The summed E-state index contributed by atoms with van der Waals surface area (Å²) >= 11 is 0. The van der Waals surface area contributed by atoms with Crippen LogP contribution in [-0.4, -0.2) is 153 Å². The second-order valence-corrected chi connectivity index (χ2v) is 21.9. The molecule has 0 saturated carbocycles. The molecule has 5 aromatic rings. The van der Waals surface area contributed by atoms with Crippen LogP contribution in [0.5, 0.6) is 0 Å². The van der Waals surface area contributed by atoms with Crippen LogP contribution in [0.1, 0.15) is 112 Å². The van der Waals surface area contributed by atoms with Crippen molar-refractivity contribution in [3.63, 3.8) is 0 Å². The summed E-state index contributed by atoms with van der Waals surface area (Å²) in [6.45, 7) is 12.7. The molecule has 0 bridgehead atoms. The van der Waals surface area contributed by atoms with Crippen LogP contribution in [0.15, 0.2) is 140 Å². The number of nitrogens with one attached hydrogen (secondary N) is 4. The molecule has 17 nitrogen and oxygen atoms in total. The van der Waals surface area contributed by atoms with Crippen molar-refractivity contribution in [1.29, 1.82) is 0 Å². The van der Waals surface area contributed by atoms with Crippen molar-refractivity contribution in [3.8, 4) is 0 Å². The molecule has 0 aliphatic carbocycles. The maximum atomic E-state index is 13.4. The Morgan fingerprint density at radius 3 is 1.19 bits per heavy atom. The molecule has 93 heavy (non-hydrogen) atoms. The quantitative estimate of drug-likeness (QED) is 0.0308. The van der Waals surface area contributed by atoms with E-state index in [1.807, 2.05) is 97.9 Å². The molecule has 4 saturated heterocycles. The molecule has 501 valence electrons. The monoisotopic (exact) mass is 1540 g/mol. The third-order valence-corrected chi connectivity index (χ3v) is 15.2. The Bertz CT molecular complexity index is 2670. The third kappa shape index (κ3) is 38.6. The Morgan fingerprint density at radius 2 is 0.839 bits per heavy atom. The first-order chi connectivity index (χ1) is 41.3. The zero-order chi connectivity index (χ0) is 60.4. The number of piperidine rings is 4. The number of amides is 5. The smallest absolute Gasteiger partial charge is 0.870 e. The van der Waals surface area contributed by atoms with E-state index in [-0.39, 0.29) is 243 Å². The molecule has 4 heterocycles. The van der Waals surface area contributed by atoms with E-state index in [9.17, 15) is 32.8 Å². The fourth-order valence-corrected chi connectivity index (χ4v) is 10.5. The van der Waals surface area contributed by atoms with E-state index in [0.29, 0.717) is 58.2 Å². The summed E-state index contributed by atoms with van der Waals surface area (Å²) in [5.74, 6) is -0.324.